The Hall–Kier alpha value is -2.08. The third kappa shape index (κ3) is 7.84. The number of halogens is 3. The standard InChI is InChI=1S/C23H31F3N2O.C2H6/c1-5-8-14-29-21-12-11-17(15-18(21)23(24,25)26)19(7-3)28-22(16(4)6-2)20-10-9-13-27-20;1-2/h5,7,11-12,15-16,20,27H,1,6,8-10,13-14H2,2-4H3;1-2H3/b19-7-,28-22?;. The van der Waals surface area contributed by atoms with Crippen LogP contribution in [0, 0.1) is 5.92 Å². The van der Waals surface area contributed by atoms with Crippen molar-refractivity contribution in [3.05, 3.63) is 48.1 Å². The SMILES string of the molecule is C=CCCOc1ccc(/C(=C/C)N=C(C(C)CC)C2CCCN2)cc1C(F)(F)F.CC. The topological polar surface area (TPSA) is 33.6 Å². The highest BCUT2D eigenvalue weighted by Crippen LogP contribution is 2.38. The zero-order valence-corrected chi connectivity index (χ0v) is 19.5. The molecule has 0 aromatic heterocycles. The summed E-state index contributed by atoms with van der Waals surface area (Å²) < 4.78 is 46.2. The zero-order chi connectivity index (χ0) is 23.4. The Morgan fingerprint density at radius 1 is 1.35 bits per heavy atom. The highest BCUT2D eigenvalue weighted by Gasteiger charge is 2.35. The molecule has 1 aliphatic heterocycles. The first-order valence-corrected chi connectivity index (χ1v) is 11.2. The molecule has 1 saturated heterocycles. The lowest BCUT2D eigenvalue weighted by molar-refractivity contribution is -0.138. The molecule has 0 amide bonds. The molecule has 2 rings (SSSR count). The van der Waals surface area contributed by atoms with Crippen LogP contribution in [0.1, 0.15) is 71.4 Å². The van der Waals surface area contributed by atoms with Crippen molar-refractivity contribution in [2.75, 3.05) is 13.2 Å². The van der Waals surface area contributed by atoms with Gasteiger partial charge in [0.2, 0.25) is 0 Å². The summed E-state index contributed by atoms with van der Waals surface area (Å²) >= 11 is 0. The molecular weight excluding hydrogens is 401 g/mol. The van der Waals surface area contributed by atoms with E-state index in [1.807, 2.05) is 13.8 Å². The molecule has 1 N–H and O–H groups in total. The van der Waals surface area contributed by atoms with Gasteiger partial charge in [0.05, 0.1) is 17.9 Å². The molecule has 0 saturated carbocycles. The Morgan fingerprint density at radius 3 is 2.58 bits per heavy atom. The van der Waals surface area contributed by atoms with Gasteiger partial charge < -0.3 is 10.1 Å². The molecule has 2 atom stereocenters. The van der Waals surface area contributed by atoms with Crippen LogP contribution in [0.2, 0.25) is 0 Å². The second-order valence-electron chi connectivity index (χ2n) is 7.30. The van der Waals surface area contributed by atoms with Gasteiger partial charge in [0, 0.05) is 17.3 Å². The highest BCUT2D eigenvalue weighted by atomic mass is 19.4. The average Bonchev–Trinajstić information content (AvgIpc) is 3.30. The zero-order valence-electron chi connectivity index (χ0n) is 19.5. The number of benzene rings is 1. The van der Waals surface area contributed by atoms with E-state index in [2.05, 4.69) is 25.7 Å². The predicted octanol–water partition coefficient (Wildman–Crippen LogP) is 7.29. The van der Waals surface area contributed by atoms with Gasteiger partial charge in [-0.1, -0.05) is 39.8 Å². The molecule has 174 valence electrons. The fraction of sp³-hybridized carbons (Fsp3) is 0.560. The van der Waals surface area contributed by atoms with Gasteiger partial charge in [0.1, 0.15) is 5.75 Å². The fourth-order valence-corrected chi connectivity index (χ4v) is 3.40. The van der Waals surface area contributed by atoms with E-state index in [1.54, 1.807) is 25.1 Å². The Morgan fingerprint density at radius 2 is 2.06 bits per heavy atom. The Labute approximate surface area is 185 Å². The first-order chi connectivity index (χ1) is 14.8. The summed E-state index contributed by atoms with van der Waals surface area (Å²) in [4.78, 5) is 4.84. The van der Waals surface area contributed by atoms with Crippen molar-refractivity contribution in [3.8, 4) is 5.75 Å². The molecule has 6 heteroatoms. The molecule has 0 bridgehead atoms. The number of hydrogen-bond donors (Lipinski definition) is 1. The van der Waals surface area contributed by atoms with Crippen LogP contribution in [0.15, 0.2) is 41.9 Å². The highest BCUT2D eigenvalue weighted by molar-refractivity contribution is 5.95. The van der Waals surface area contributed by atoms with E-state index < -0.39 is 11.7 Å². The van der Waals surface area contributed by atoms with Crippen molar-refractivity contribution in [3.63, 3.8) is 0 Å². The second kappa shape index (κ2) is 13.4. The minimum Gasteiger partial charge on any atom is -0.493 e. The van der Waals surface area contributed by atoms with Gasteiger partial charge in [-0.15, -0.1) is 6.58 Å². The fourth-order valence-electron chi connectivity index (χ4n) is 3.40. The van der Waals surface area contributed by atoms with Crippen LogP contribution < -0.4 is 10.1 Å². The van der Waals surface area contributed by atoms with E-state index in [4.69, 9.17) is 9.73 Å². The van der Waals surface area contributed by atoms with Crippen LogP contribution in [0.3, 0.4) is 0 Å². The first-order valence-electron chi connectivity index (χ1n) is 11.2. The van der Waals surface area contributed by atoms with E-state index in [0.29, 0.717) is 17.7 Å². The predicted molar refractivity (Wildman–Crippen MR) is 125 cm³/mol. The van der Waals surface area contributed by atoms with Crippen LogP contribution in [-0.2, 0) is 6.18 Å². The number of allylic oxidation sites excluding steroid dienone is 1. The molecular formula is C25H37F3N2O. The molecule has 1 aromatic rings. The van der Waals surface area contributed by atoms with Gasteiger partial charge in [0.25, 0.3) is 0 Å². The average molecular weight is 439 g/mol. The largest absolute Gasteiger partial charge is 0.493 e. The monoisotopic (exact) mass is 438 g/mol. The minimum absolute atomic E-state index is 0.159. The van der Waals surface area contributed by atoms with Gasteiger partial charge in [0.15, 0.2) is 0 Å². The molecule has 1 heterocycles. The molecule has 3 nitrogen and oxygen atoms in total. The Kier molecular flexibility index (Phi) is 11.6. The maximum atomic E-state index is 13.6. The normalized spacial score (nSPS) is 18.3. The summed E-state index contributed by atoms with van der Waals surface area (Å²) in [6.07, 6.45) is 2.37. The number of alkyl halides is 3. The molecule has 1 aliphatic rings. The van der Waals surface area contributed by atoms with Gasteiger partial charge in [-0.2, -0.15) is 13.2 Å². The van der Waals surface area contributed by atoms with E-state index in [0.717, 1.165) is 37.6 Å². The van der Waals surface area contributed by atoms with Crippen molar-refractivity contribution in [1.29, 1.82) is 0 Å². The summed E-state index contributed by atoms with van der Waals surface area (Å²) in [5, 5.41) is 3.46. The first kappa shape index (κ1) is 27.0. The quantitative estimate of drug-likeness (QED) is 0.250. The molecule has 31 heavy (non-hydrogen) atoms. The van der Waals surface area contributed by atoms with Crippen molar-refractivity contribution in [1.82, 2.24) is 5.32 Å². The summed E-state index contributed by atoms with van der Waals surface area (Å²) in [6.45, 7) is 14.7. The Bertz CT molecular complexity index is 748. The Balaban J connectivity index is 0.00000233. The lowest BCUT2D eigenvalue weighted by atomic mass is 9.95. The number of nitrogens with one attached hydrogen (secondary N) is 1. The van der Waals surface area contributed by atoms with Crippen LogP contribution in [0.4, 0.5) is 13.2 Å². The molecule has 0 radical (unpaired) electrons. The van der Waals surface area contributed by atoms with E-state index in [9.17, 15) is 13.2 Å². The number of ether oxygens (including phenoxy) is 1. The van der Waals surface area contributed by atoms with Crippen molar-refractivity contribution >= 4 is 11.4 Å². The van der Waals surface area contributed by atoms with Crippen molar-refractivity contribution in [2.24, 2.45) is 10.9 Å². The number of rotatable bonds is 9. The van der Waals surface area contributed by atoms with Crippen molar-refractivity contribution in [2.45, 2.75) is 72.5 Å². The summed E-state index contributed by atoms with van der Waals surface area (Å²) in [7, 11) is 0. The summed E-state index contributed by atoms with van der Waals surface area (Å²) in [5.74, 6) is 0.0892. The van der Waals surface area contributed by atoms with Gasteiger partial charge in [-0.25, -0.2) is 0 Å². The van der Waals surface area contributed by atoms with Gasteiger partial charge in [-0.05, 0) is 63.3 Å². The second-order valence-corrected chi connectivity index (χ2v) is 7.30. The smallest absolute Gasteiger partial charge is 0.419 e. The maximum Gasteiger partial charge on any atom is 0.419 e. The lowest BCUT2D eigenvalue weighted by Gasteiger charge is -2.21. The van der Waals surface area contributed by atoms with Crippen LogP contribution in [-0.4, -0.2) is 24.9 Å². The molecule has 0 spiro atoms. The van der Waals surface area contributed by atoms with Crippen LogP contribution in [0.25, 0.3) is 5.70 Å². The number of hydrogen-bond acceptors (Lipinski definition) is 3. The third-order valence-electron chi connectivity index (χ3n) is 5.22. The van der Waals surface area contributed by atoms with Gasteiger partial charge >= 0.3 is 6.18 Å². The maximum absolute atomic E-state index is 13.6. The molecule has 0 aliphatic carbocycles. The van der Waals surface area contributed by atoms with E-state index in [1.165, 1.54) is 6.07 Å². The van der Waals surface area contributed by atoms with Crippen LogP contribution >= 0.6 is 0 Å². The molecule has 2 unspecified atom stereocenters. The summed E-state index contributed by atoms with van der Waals surface area (Å²) in [6, 6.07) is 4.35. The third-order valence-corrected chi connectivity index (χ3v) is 5.22. The molecule has 1 fully saturated rings. The lowest BCUT2D eigenvalue weighted by Crippen LogP contribution is -2.34. The van der Waals surface area contributed by atoms with Crippen molar-refractivity contribution < 1.29 is 17.9 Å². The van der Waals surface area contributed by atoms with E-state index >= 15 is 0 Å². The number of aliphatic imine (C=N–C) groups is 1. The molecule has 1 aromatic carbocycles. The van der Waals surface area contributed by atoms with Crippen LogP contribution in [0.5, 0.6) is 5.75 Å². The van der Waals surface area contributed by atoms with E-state index in [-0.39, 0.29) is 24.3 Å². The minimum atomic E-state index is -4.51. The number of nitrogens with zero attached hydrogens (tertiary/aromatic N) is 1. The summed E-state index contributed by atoms with van der Waals surface area (Å²) in [5.41, 5.74) is 1.22. The van der Waals surface area contributed by atoms with Gasteiger partial charge in [-0.3, -0.25) is 4.99 Å².